The molecule has 0 unspecified atom stereocenters. The number of amides is 1. The first-order chi connectivity index (χ1) is 9.29. The molecule has 4 heteroatoms. The first kappa shape index (κ1) is 12.3. The van der Waals surface area contributed by atoms with Crippen LogP contribution in [0.25, 0.3) is 0 Å². The molecule has 1 N–H and O–H groups in total. The minimum atomic E-state index is 0.121. The Labute approximate surface area is 113 Å². The fourth-order valence-electron chi connectivity index (χ4n) is 2.97. The largest absolute Gasteiger partial charge is 0.454 e. The van der Waals surface area contributed by atoms with Gasteiger partial charge in [-0.15, -0.1) is 0 Å². The van der Waals surface area contributed by atoms with Gasteiger partial charge < -0.3 is 14.8 Å². The molecule has 1 aromatic carbocycles. The topological polar surface area (TPSA) is 47.6 Å². The van der Waals surface area contributed by atoms with Crippen LogP contribution >= 0.6 is 0 Å². The maximum absolute atomic E-state index is 11.3. The standard InChI is InChI=1S/C15H19NO3/c1-2-13(17)16-8-7-11-4-3-10-5-6-12-15(14(10)11)19-9-18-12/h5-6,11H,2-4,7-9H2,1H3,(H,16,17)/t11-/m0/s1. The van der Waals surface area contributed by atoms with Gasteiger partial charge in [0.05, 0.1) is 0 Å². The van der Waals surface area contributed by atoms with Crippen LogP contribution in [-0.4, -0.2) is 19.2 Å². The second kappa shape index (κ2) is 5.11. The van der Waals surface area contributed by atoms with Gasteiger partial charge >= 0.3 is 0 Å². The first-order valence-electron chi connectivity index (χ1n) is 6.97. The second-order valence-corrected chi connectivity index (χ2v) is 5.10. The summed E-state index contributed by atoms with van der Waals surface area (Å²) in [6.45, 7) is 2.94. The molecular weight excluding hydrogens is 242 g/mol. The lowest BCUT2D eigenvalue weighted by molar-refractivity contribution is -0.120. The molecule has 0 fully saturated rings. The van der Waals surface area contributed by atoms with E-state index in [2.05, 4.69) is 11.4 Å². The van der Waals surface area contributed by atoms with E-state index in [4.69, 9.17) is 9.47 Å². The average Bonchev–Trinajstić information content (AvgIpc) is 3.03. The van der Waals surface area contributed by atoms with E-state index in [9.17, 15) is 4.79 Å². The van der Waals surface area contributed by atoms with Gasteiger partial charge in [-0.1, -0.05) is 13.0 Å². The number of rotatable bonds is 4. The molecule has 1 aromatic rings. The summed E-state index contributed by atoms with van der Waals surface area (Å²) in [4.78, 5) is 11.3. The van der Waals surface area contributed by atoms with E-state index in [-0.39, 0.29) is 5.91 Å². The quantitative estimate of drug-likeness (QED) is 0.905. The van der Waals surface area contributed by atoms with Gasteiger partial charge in [0.1, 0.15) is 0 Å². The van der Waals surface area contributed by atoms with E-state index in [1.165, 1.54) is 11.1 Å². The van der Waals surface area contributed by atoms with Crippen molar-refractivity contribution in [3.63, 3.8) is 0 Å². The van der Waals surface area contributed by atoms with Gasteiger partial charge in [0, 0.05) is 18.5 Å². The number of nitrogens with one attached hydrogen (secondary N) is 1. The maximum atomic E-state index is 11.3. The lowest BCUT2D eigenvalue weighted by Crippen LogP contribution is -2.24. The predicted molar refractivity (Wildman–Crippen MR) is 71.5 cm³/mol. The van der Waals surface area contributed by atoms with E-state index < -0.39 is 0 Å². The third-order valence-corrected chi connectivity index (χ3v) is 3.97. The molecule has 0 saturated heterocycles. The Morgan fingerprint density at radius 2 is 2.32 bits per heavy atom. The molecule has 2 aliphatic rings. The Morgan fingerprint density at radius 1 is 1.42 bits per heavy atom. The van der Waals surface area contributed by atoms with Crippen molar-refractivity contribution < 1.29 is 14.3 Å². The van der Waals surface area contributed by atoms with Crippen LogP contribution in [0, 0.1) is 0 Å². The number of carbonyl (C=O) groups is 1. The molecule has 1 aliphatic heterocycles. The first-order valence-corrected chi connectivity index (χ1v) is 6.97. The molecule has 1 heterocycles. The lowest BCUT2D eigenvalue weighted by Gasteiger charge is -2.14. The summed E-state index contributed by atoms with van der Waals surface area (Å²) in [5, 5.41) is 2.95. The summed E-state index contributed by atoms with van der Waals surface area (Å²) in [7, 11) is 0. The van der Waals surface area contributed by atoms with Gasteiger partial charge in [0.25, 0.3) is 0 Å². The number of hydrogen-bond donors (Lipinski definition) is 1. The van der Waals surface area contributed by atoms with Crippen LogP contribution in [0.1, 0.15) is 43.2 Å². The third kappa shape index (κ3) is 2.27. The van der Waals surface area contributed by atoms with Crippen molar-refractivity contribution in [2.45, 2.75) is 38.5 Å². The summed E-state index contributed by atoms with van der Waals surface area (Å²) in [6.07, 6.45) is 3.75. The van der Waals surface area contributed by atoms with Crippen molar-refractivity contribution >= 4 is 5.91 Å². The van der Waals surface area contributed by atoms with Crippen LogP contribution in [-0.2, 0) is 11.2 Å². The van der Waals surface area contributed by atoms with Crippen LogP contribution in [0.5, 0.6) is 11.5 Å². The van der Waals surface area contributed by atoms with Crippen molar-refractivity contribution in [2.24, 2.45) is 0 Å². The summed E-state index contributed by atoms with van der Waals surface area (Å²) in [5.74, 6) is 2.39. The molecule has 0 aromatic heterocycles. The number of carbonyl (C=O) groups excluding carboxylic acids is 1. The summed E-state index contributed by atoms with van der Waals surface area (Å²) in [5.41, 5.74) is 2.68. The fourth-order valence-corrected chi connectivity index (χ4v) is 2.97. The van der Waals surface area contributed by atoms with Crippen molar-refractivity contribution in [2.75, 3.05) is 13.3 Å². The molecule has 102 valence electrons. The van der Waals surface area contributed by atoms with E-state index in [0.29, 0.717) is 19.1 Å². The van der Waals surface area contributed by atoms with Crippen LogP contribution in [0.15, 0.2) is 12.1 Å². The van der Waals surface area contributed by atoms with E-state index >= 15 is 0 Å². The monoisotopic (exact) mass is 261 g/mol. The molecule has 1 aliphatic carbocycles. The van der Waals surface area contributed by atoms with Gasteiger partial charge in [-0.3, -0.25) is 4.79 Å². The van der Waals surface area contributed by atoms with E-state index in [1.807, 2.05) is 13.0 Å². The van der Waals surface area contributed by atoms with Gasteiger partial charge in [-0.25, -0.2) is 0 Å². The Hall–Kier alpha value is -1.71. The van der Waals surface area contributed by atoms with Gasteiger partial charge in [-0.05, 0) is 36.8 Å². The number of aryl methyl sites for hydroxylation is 1. The molecule has 0 radical (unpaired) electrons. The Morgan fingerprint density at radius 3 is 3.16 bits per heavy atom. The summed E-state index contributed by atoms with van der Waals surface area (Å²) in [6, 6.07) is 4.15. The molecule has 1 amide bonds. The molecule has 19 heavy (non-hydrogen) atoms. The molecule has 0 spiro atoms. The molecule has 1 atom stereocenters. The molecule has 3 rings (SSSR count). The number of benzene rings is 1. The highest BCUT2D eigenvalue weighted by atomic mass is 16.7. The normalized spacial score (nSPS) is 19.3. The minimum absolute atomic E-state index is 0.121. The minimum Gasteiger partial charge on any atom is -0.454 e. The second-order valence-electron chi connectivity index (χ2n) is 5.10. The average molecular weight is 261 g/mol. The zero-order valence-corrected chi connectivity index (χ0v) is 11.2. The highest BCUT2D eigenvalue weighted by Crippen LogP contribution is 2.47. The van der Waals surface area contributed by atoms with Crippen molar-refractivity contribution in [1.82, 2.24) is 5.32 Å². The van der Waals surface area contributed by atoms with E-state index in [1.54, 1.807) is 0 Å². The van der Waals surface area contributed by atoms with Crippen LogP contribution in [0.2, 0.25) is 0 Å². The Bertz CT molecular complexity index is 498. The highest BCUT2D eigenvalue weighted by molar-refractivity contribution is 5.75. The molecule has 0 bridgehead atoms. The van der Waals surface area contributed by atoms with Gasteiger partial charge in [0.2, 0.25) is 12.7 Å². The third-order valence-electron chi connectivity index (χ3n) is 3.97. The molecular formula is C15H19NO3. The molecule has 4 nitrogen and oxygen atoms in total. The SMILES string of the molecule is CCC(=O)NCC[C@@H]1CCc2ccc3c(c21)OCO3. The zero-order valence-electron chi connectivity index (χ0n) is 11.2. The van der Waals surface area contributed by atoms with Crippen LogP contribution < -0.4 is 14.8 Å². The Balaban J connectivity index is 1.71. The summed E-state index contributed by atoms with van der Waals surface area (Å²) >= 11 is 0. The van der Waals surface area contributed by atoms with Crippen LogP contribution in [0.4, 0.5) is 0 Å². The van der Waals surface area contributed by atoms with E-state index in [0.717, 1.165) is 37.3 Å². The highest BCUT2D eigenvalue weighted by Gasteiger charge is 2.30. The van der Waals surface area contributed by atoms with Gasteiger partial charge in [0.15, 0.2) is 11.5 Å². The predicted octanol–water partition coefficient (Wildman–Crippen LogP) is 2.36. The number of fused-ring (bicyclic) bond motifs is 3. The summed E-state index contributed by atoms with van der Waals surface area (Å²) < 4.78 is 11.1. The van der Waals surface area contributed by atoms with Crippen molar-refractivity contribution in [3.8, 4) is 11.5 Å². The van der Waals surface area contributed by atoms with Crippen molar-refractivity contribution in [1.29, 1.82) is 0 Å². The Kier molecular flexibility index (Phi) is 3.32. The molecule has 0 saturated carbocycles. The number of hydrogen-bond acceptors (Lipinski definition) is 3. The smallest absolute Gasteiger partial charge is 0.231 e. The maximum Gasteiger partial charge on any atom is 0.231 e. The van der Waals surface area contributed by atoms with Gasteiger partial charge in [-0.2, -0.15) is 0 Å². The lowest BCUT2D eigenvalue weighted by atomic mass is 9.96. The fraction of sp³-hybridized carbons (Fsp3) is 0.533. The van der Waals surface area contributed by atoms with Crippen LogP contribution in [0.3, 0.4) is 0 Å². The van der Waals surface area contributed by atoms with Crippen molar-refractivity contribution in [3.05, 3.63) is 23.3 Å². The number of ether oxygens (including phenoxy) is 2. The zero-order chi connectivity index (χ0) is 13.2.